The molecular formula is C27H22Cl4N2O5. The molecule has 1 N–H and O–H groups in total. The van der Waals surface area contributed by atoms with Crippen LogP contribution in [0, 0.1) is 11.3 Å². The summed E-state index contributed by atoms with van der Waals surface area (Å²) in [6, 6.07) is 13.2. The lowest BCUT2D eigenvalue weighted by molar-refractivity contribution is -0.112. The third-order valence-corrected chi connectivity index (χ3v) is 6.41. The van der Waals surface area contributed by atoms with Gasteiger partial charge in [-0.1, -0.05) is 52.5 Å². The van der Waals surface area contributed by atoms with Gasteiger partial charge in [0.25, 0.3) is 5.91 Å². The van der Waals surface area contributed by atoms with Gasteiger partial charge < -0.3 is 24.3 Å². The number of carbonyl (C=O) groups excluding carboxylic acids is 1. The first kappa shape index (κ1) is 29.3. The van der Waals surface area contributed by atoms with E-state index in [0.29, 0.717) is 50.2 Å². The third-order valence-electron chi connectivity index (χ3n) is 5.10. The van der Waals surface area contributed by atoms with Gasteiger partial charge in [-0.05, 0) is 48.4 Å². The third kappa shape index (κ3) is 7.18. The fourth-order valence-corrected chi connectivity index (χ4v) is 4.15. The molecule has 0 bridgehead atoms. The Hall–Kier alpha value is -3.28. The molecule has 0 saturated carbocycles. The van der Waals surface area contributed by atoms with Crippen LogP contribution in [-0.2, 0) is 11.4 Å². The largest absolute Gasteiger partial charge is 0.495 e. The van der Waals surface area contributed by atoms with E-state index in [1.54, 1.807) is 37.3 Å². The van der Waals surface area contributed by atoms with Crippen LogP contribution in [0.4, 0.5) is 5.69 Å². The molecule has 0 heterocycles. The number of carbonyl (C=O) groups is 1. The highest BCUT2D eigenvalue weighted by Gasteiger charge is 2.18. The van der Waals surface area contributed by atoms with Gasteiger partial charge in [0.05, 0.1) is 46.6 Å². The van der Waals surface area contributed by atoms with Gasteiger partial charge in [-0.3, -0.25) is 4.79 Å². The van der Waals surface area contributed by atoms with Gasteiger partial charge in [0.15, 0.2) is 11.5 Å². The van der Waals surface area contributed by atoms with Gasteiger partial charge in [0.2, 0.25) is 0 Å². The van der Waals surface area contributed by atoms with Crippen molar-refractivity contribution in [3.8, 4) is 29.1 Å². The number of amides is 1. The van der Waals surface area contributed by atoms with E-state index in [1.807, 2.05) is 6.07 Å². The Morgan fingerprint density at radius 3 is 2.26 bits per heavy atom. The summed E-state index contributed by atoms with van der Waals surface area (Å²) in [4.78, 5) is 12.9. The summed E-state index contributed by atoms with van der Waals surface area (Å²) in [5, 5.41) is 13.7. The molecule has 0 unspecified atom stereocenters. The van der Waals surface area contributed by atoms with Gasteiger partial charge in [0.1, 0.15) is 29.7 Å². The summed E-state index contributed by atoms with van der Waals surface area (Å²) in [5.74, 6) is 0.594. The first-order chi connectivity index (χ1) is 18.2. The molecule has 0 saturated heterocycles. The molecule has 0 aliphatic carbocycles. The van der Waals surface area contributed by atoms with Crippen LogP contribution in [0.3, 0.4) is 0 Å². The molecule has 0 aliphatic rings. The molecule has 3 aromatic carbocycles. The number of anilines is 1. The summed E-state index contributed by atoms with van der Waals surface area (Å²) in [7, 11) is 2.87. The lowest BCUT2D eigenvalue weighted by Crippen LogP contribution is -2.14. The quantitative estimate of drug-likeness (QED) is 0.190. The van der Waals surface area contributed by atoms with Crippen molar-refractivity contribution in [3.05, 3.63) is 79.3 Å². The van der Waals surface area contributed by atoms with Crippen LogP contribution in [-0.4, -0.2) is 26.7 Å². The van der Waals surface area contributed by atoms with E-state index in [9.17, 15) is 10.1 Å². The van der Waals surface area contributed by atoms with E-state index in [-0.39, 0.29) is 22.9 Å². The van der Waals surface area contributed by atoms with Gasteiger partial charge >= 0.3 is 0 Å². The number of halogens is 4. The maximum absolute atomic E-state index is 12.9. The Morgan fingerprint density at radius 1 is 0.895 bits per heavy atom. The first-order valence-electron chi connectivity index (χ1n) is 11.1. The highest BCUT2D eigenvalue weighted by molar-refractivity contribution is 6.42. The van der Waals surface area contributed by atoms with Crippen LogP contribution in [0.15, 0.2) is 48.0 Å². The van der Waals surface area contributed by atoms with E-state index >= 15 is 0 Å². The fraction of sp³-hybridized carbons (Fsp3) is 0.185. The standard InChI is InChI=1S/C27H22Cl4N2O5/c1-4-37-25-10-16(9-21(31)26(25)38-14-15-5-6-18(28)19(29)8-15)7-17(13-32)27(34)33-22-12-23(35-2)20(30)11-24(22)36-3/h5-12H,4,14H2,1-3H3,(H,33,34)/b17-7+. The molecular weight excluding hydrogens is 574 g/mol. The summed E-state index contributed by atoms with van der Waals surface area (Å²) in [5.41, 5.74) is 1.32. The van der Waals surface area contributed by atoms with E-state index in [1.165, 1.54) is 32.4 Å². The van der Waals surface area contributed by atoms with Crippen molar-refractivity contribution in [2.24, 2.45) is 0 Å². The molecule has 0 radical (unpaired) electrons. The van der Waals surface area contributed by atoms with Crippen molar-refractivity contribution in [2.45, 2.75) is 13.5 Å². The van der Waals surface area contributed by atoms with E-state index in [0.717, 1.165) is 5.56 Å². The minimum Gasteiger partial charge on any atom is -0.495 e. The zero-order valence-electron chi connectivity index (χ0n) is 20.5. The van der Waals surface area contributed by atoms with Crippen molar-refractivity contribution in [1.29, 1.82) is 5.26 Å². The second-order valence-electron chi connectivity index (χ2n) is 7.61. The topological polar surface area (TPSA) is 89.8 Å². The zero-order chi connectivity index (χ0) is 27.8. The molecule has 0 atom stereocenters. The predicted octanol–water partition coefficient (Wildman–Crippen LogP) is 7.84. The Balaban J connectivity index is 1.88. The van der Waals surface area contributed by atoms with E-state index < -0.39 is 5.91 Å². The molecule has 3 rings (SSSR count). The number of rotatable bonds is 10. The van der Waals surface area contributed by atoms with Crippen molar-refractivity contribution >= 4 is 64.1 Å². The molecule has 3 aromatic rings. The monoisotopic (exact) mass is 594 g/mol. The Kier molecular flexibility index (Phi) is 10.4. The maximum Gasteiger partial charge on any atom is 0.266 e. The van der Waals surface area contributed by atoms with Crippen LogP contribution in [0.25, 0.3) is 6.08 Å². The number of nitrogens with one attached hydrogen (secondary N) is 1. The number of hydrogen-bond donors (Lipinski definition) is 1. The van der Waals surface area contributed by atoms with Crippen LogP contribution < -0.4 is 24.3 Å². The summed E-state index contributed by atoms with van der Waals surface area (Å²) >= 11 is 24.7. The number of ether oxygens (including phenoxy) is 4. The van der Waals surface area contributed by atoms with E-state index in [2.05, 4.69) is 5.32 Å². The summed E-state index contributed by atoms with van der Waals surface area (Å²) < 4.78 is 22.1. The summed E-state index contributed by atoms with van der Waals surface area (Å²) in [6.45, 7) is 2.29. The maximum atomic E-state index is 12.9. The molecule has 11 heteroatoms. The van der Waals surface area contributed by atoms with Crippen molar-refractivity contribution in [1.82, 2.24) is 0 Å². The lowest BCUT2D eigenvalue weighted by atomic mass is 10.1. The normalized spacial score (nSPS) is 10.9. The highest BCUT2D eigenvalue weighted by atomic mass is 35.5. The second kappa shape index (κ2) is 13.5. The second-order valence-corrected chi connectivity index (χ2v) is 9.24. The number of nitrogens with zero attached hydrogens (tertiary/aromatic N) is 1. The molecule has 1 amide bonds. The number of benzene rings is 3. The predicted molar refractivity (Wildman–Crippen MR) is 150 cm³/mol. The van der Waals surface area contributed by atoms with Crippen LogP contribution in [0.2, 0.25) is 20.1 Å². The molecule has 38 heavy (non-hydrogen) atoms. The smallest absolute Gasteiger partial charge is 0.266 e. The van der Waals surface area contributed by atoms with Crippen molar-refractivity contribution in [2.75, 3.05) is 26.1 Å². The molecule has 0 spiro atoms. The number of methoxy groups -OCH3 is 2. The van der Waals surface area contributed by atoms with Gasteiger partial charge in [-0.25, -0.2) is 0 Å². The number of hydrogen-bond acceptors (Lipinski definition) is 6. The van der Waals surface area contributed by atoms with Crippen molar-refractivity contribution < 1.29 is 23.7 Å². The van der Waals surface area contributed by atoms with E-state index in [4.69, 9.17) is 65.4 Å². The van der Waals surface area contributed by atoms with Gasteiger partial charge in [-0.2, -0.15) is 5.26 Å². The Morgan fingerprint density at radius 2 is 1.63 bits per heavy atom. The molecule has 0 aromatic heterocycles. The number of nitriles is 1. The van der Waals surface area contributed by atoms with Crippen LogP contribution in [0.1, 0.15) is 18.1 Å². The molecule has 198 valence electrons. The average molecular weight is 596 g/mol. The van der Waals surface area contributed by atoms with Crippen molar-refractivity contribution in [3.63, 3.8) is 0 Å². The highest BCUT2D eigenvalue weighted by Crippen LogP contribution is 2.39. The summed E-state index contributed by atoms with van der Waals surface area (Å²) in [6.07, 6.45) is 1.38. The zero-order valence-corrected chi connectivity index (χ0v) is 23.6. The van der Waals surface area contributed by atoms with Crippen LogP contribution >= 0.6 is 46.4 Å². The SMILES string of the molecule is CCOc1cc(/C=C(\C#N)C(=O)Nc2cc(OC)c(Cl)cc2OC)cc(Cl)c1OCc1ccc(Cl)c(Cl)c1. The Bertz CT molecular complexity index is 1420. The van der Waals surface area contributed by atoms with Gasteiger partial charge in [0, 0.05) is 12.1 Å². The minimum absolute atomic E-state index is 0.157. The molecule has 7 nitrogen and oxygen atoms in total. The minimum atomic E-state index is -0.677. The fourth-order valence-electron chi connectivity index (χ4n) is 3.32. The molecule has 0 aliphatic heterocycles. The lowest BCUT2D eigenvalue weighted by Gasteiger charge is -2.15. The first-order valence-corrected chi connectivity index (χ1v) is 12.6. The van der Waals surface area contributed by atoms with Gasteiger partial charge in [-0.15, -0.1) is 0 Å². The van der Waals surface area contributed by atoms with Crippen LogP contribution in [0.5, 0.6) is 23.0 Å². The molecule has 0 fully saturated rings. The Labute approximate surface area is 240 Å². The average Bonchev–Trinajstić information content (AvgIpc) is 2.89.